The molecule has 21 heteroatoms. The molecule has 4 aliphatic heterocycles. The molecule has 3 aromatic carbocycles. The van der Waals surface area contributed by atoms with Gasteiger partial charge >= 0.3 is 6.09 Å². The van der Waals surface area contributed by atoms with E-state index in [1.165, 1.54) is 9.80 Å². The zero-order valence-corrected chi connectivity index (χ0v) is 43.6. The van der Waals surface area contributed by atoms with Gasteiger partial charge in [0.2, 0.25) is 17.7 Å². The molecule has 0 spiro atoms. The fraction of sp³-hybridized carbons (Fsp3) is 0.446. The molecule has 77 heavy (non-hydrogen) atoms. The zero-order chi connectivity index (χ0) is 54.1. The molecule has 0 bridgehead atoms. The number of imide groups is 1. The van der Waals surface area contributed by atoms with Gasteiger partial charge in [-0.25, -0.2) is 4.79 Å². The second-order valence-electron chi connectivity index (χ2n) is 20.9. The maximum absolute atomic E-state index is 14.1. The number of amides is 6. The summed E-state index contributed by atoms with van der Waals surface area (Å²) in [5.74, 6) is 0.721. The number of H-pyrrole nitrogens is 1. The molecule has 4 atom stereocenters. The molecule has 2 saturated heterocycles. The summed E-state index contributed by atoms with van der Waals surface area (Å²) in [5.41, 5.74) is 3.04. The van der Waals surface area contributed by atoms with Gasteiger partial charge in [-0.05, 0) is 111 Å². The largest absolute Gasteiger partial charge is 0.494 e. The van der Waals surface area contributed by atoms with Crippen LogP contribution in [0.25, 0.3) is 11.4 Å². The molecule has 6 N–H and O–H groups in total. The third-order valence-corrected chi connectivity index (χ3v) is 14.5. The van der Waals surface area contributed by atoms with E-state index in [1.807, 2.05) is 69.3 Å². The van der Waals surface area contributed by atoms with E-state index in [1.54, 1.807) is 36.7 Å². The van der Waals surface area contributed by atoms with Crippen LogP contribution in [-0.2, 0) is 35.9 Å². The van der Waals surface area contributed by atoms with Crippen LogP contribution in [0.4, 0.5) is 16.2 Å². The van der Waals surface area contributed by atoms with E-state index in [2.05, 4.69) is 41.4 Å². The maximum atomic E-state index is 14.1. The van der Waals surface area contributed by atoms with E-state index < -0.39 is 29.0 Å². The SMILES string of the molecule is CC(C)(C)C1CC(Nc2cccc(C(=O)N[C@H]3CCOc4ccc(OCCCCCOCCCOCC(=O)Nc5cccc6c5CN(C5CCC(=O)NC5=O)C6=O)cc43)c2)(c2nnc(-c3ccncc3)[nH]2)CCN1C(=O)O. The summed E-state index contributed by atoms with van der Waals surface area (Å²) >= 11 is 0. The van der Waals surface area contributed by atoms with Gasteiger partial charge < -0.3 is 54.8 Å². The summed E-state index contributed by atoms with van der Waals surface area (Å²) in [6.07, 6.45) is 7.33. The highest BCUT2D eigenvalue weighted by molar-refractivity contribution is 6.07. The number of ether oxygens (including phenoxy) is 4. The number of nitrogens with zero attached hydrogens (tertiary/aromatic N) is 5. The van der Waals surface area contributed by atoms with Gasteiger partial charge in [-0.2, -0.15) is 0 Å². The van der Waals surface area contributed by atoms with Crippen molar-refractivity contribution in [1.29, 1.82) is 0 Å². The third-order valence-electron chi connectivity index (χ3n) is 14.5. The Hall–Kier alpha value is -7.91. The standard InChI is InChI=1S/C56H66N10O11/c1-55(2,3)46-32-56(21-24-65(46)54(72)73,53-61-49(63-64-53)35-18-22-57-23-19-35)62-37-11-7-10-36(30-37)50(69)59-43-20-29-77-45-16-14-38(31-40(43)45)76-28-6-4-5-25-74-26-9-27-75-34-48(68)58-42-13-8-12-39-41(42)33-66(52(39)71)44-15-17-47(67)60-51(44)70/h7-8,10-14,16,18-19,22-23,30-31,43-44,46,62H,4-6,9,15,17,20-21,24-29,32-34H2,1-3H3,(H,58,68)(H,59,69)(H,72,73)(H,60,67,70)(H,61,63,64)/t43-,44?,46?,56?/m0/s1. The quantitative estimate of drug-likeness (QED) is 0.0319. The number of likely N-dealkylation sites (tertiary alicyclic amines) is 1. The number of carbonyl (C=O) groups is 6. The molecule has 4 aliphatic rings. The first-order chi connectivity index (χ1) is 37.2. The predicted molar refractivity (Wildman–Crippen MR) is 282 cm³/mol. The monoisotopic (exact) mass is 1050 g/mol. The summed E-state index contributed by atoms with van der Waals surface area (Å²) in [7, 11) is 0. The molecule has 2 aromatic heterocycles. The molecule has 0 radical (unpaired) electrons. The predicted octanol–water partition coefficient (Wildman–Crippen LogP) is 6.99. The second kappa shape index (κ2) is 24.0. The first-order valence-electron chi connectivity index (χ1n) is 26.3. The smallest absolute Gasteiger partial charge is 0.407 e. The summed E-state index contributed by atoms with van der Waals surface area (Å²) < 4.78 is 23.5. The van der Waals surface area contributed by atoms with E-state index >= 15 is 0 Å². The van der Waals surface area contributed by atoms with Crippen molar-refractivity contribution in [2.45, 2.75) is 109 Å². The number of anilines is 2. The normalized spacial score (nSPS) is 20.1. The molecule has 9 rings (SSSR count). The van der Waals surface area contributed by atoms with Crippen LogP contribution >= 0.6 is 0 Å². The average molecular weight is 1060 g/mol. The molecule has 0 saturated carbocycles. The summed E-state index contributed by atoms with van der Waals surface area (Å²) in [4.78, 5) is 86.9. The highest BCUT2D eigenvalue weighted by atomic mass is 16.5. The van der Waals surface area contributed by atoms with Gasteiger partial charge in [0.15, 0.2) is 11.6 Å². The number of hydrogen-bond donors (Lipinski definition) is 6. The van der Waals surface area contributed by atoms with E-state index in [-0.39, 0.29) is 68.3 Å². The van der Waals surface area contributed by atoms with Gasteiger partial charge in [-0.1, -0.05) is 32.9 Å². The number of benzene rings is 3. The van der Waals surface area contributed by atoms with Crippen molar-refractivity contribution in [3.8, 4) is 22.9 Å². The Morgan fingerprint density at radius 1 is 0.896 bits per heavy atom. The highest BCUT2D eigenvalue weighted by Crippen LogP contribution is 2.44. The number of aromatic amines is 1. The van der Waals surface area contributed by atoms with Gasteiger partial charge in [-0.3, -0.25) is 34.3 Å². The number of pyridine rings is 1. The third kappa shape index (κ3) is 12.9. The van der Waals surface area contributed by atoms with Crippen LogP contribution in [0.2, 0.25) is 0 Å². The van der Waals surface area contributed by atoms with Crippen molar-refractivity contribution in [2.24, 2.45) is 5.41 Å². The van der Waals surface area contributed by atoms with E-state index in [9.17, 15) is 33.9 Å². The minimum Gasteiger partial charge on any atom is -0.494 e. The molecule has 406 valence electrons. The van der Waals surface area contributed by atoms with Crippen LogP contribution in [0, 0.1) is 5.41 Å². The molecule has 0 aliphatic carbocycles. The number of nitrogens with one attached hydrogen (secondary N) is 5. The van der Waals surface area contributed by atoms with Gasteiger partial charge in [0.1, 0.15) is 29.7 Å². The van der Waals surface area contributed by atoms with E-state index in [0.717, 1.165) is 30.4 Å². The Kier molecular flexibility index (Phi) is 16.8. The zero-order valence-electron chi connectivity index (χ0n) is 43.6. The molecular formula is C56H66N10O11. The van der Waals surface area contributed by atoms with Gasteiger partial charge in [0.05, 0.1) is 19.3 Å². The Balaban J connectivity index is 0.702. The number of piperidine rings is 2. The van der Waals surface area contributed by atoms with E-state index in [4.69, 9.17) is 18.9 Å². The minimum atomic E-state index is -0.972. The molecule has 21 nitrogen and oxygen atoms in total. The number of carboxylic acid groups (broad SMARTS) is 1. The average Bonchev–Trinajstić information content (AvgIpc) is 4.12. The maximum Gasteiger partial charge on any atom is 0.407 e. The molecular weight excluding hydrogens is 989 g/mol. The lowest BCUT2D eigenvalue weighted by Crippen LogP contribution is -2.58. The van der Waals surface area contributed by atoms with Crippen molar-refractivity contribution in [3.05, 3.63) is 113 Å². The van der Waals surface area contributed by atoms with Crippen molar-refractivity contribution in [2.75, 3.05) is 56.8 Å². The van der Waals surface area contributed by atoms with Gasteiger partial charge in [0.25, 0.3) is 11.8 Å². The number of carbonyl (C=O) groups excluding carboxylic acids is 5. The Morgan fingerprint density at radius 2 is 1.69 bits per heavy atom. The number of fused-ring (bicyclic) bond motifs is 2. The Bertz CT molecular complexity index is 2960. The summed E-state index contributed by atoms with van der Waals surface area (Å²) in [6, 6.07) is 20.3. The molecule has 6 heterocycles. The minimum absolute atomic E-state index is 0.152. The van der Waals surface area contributed by atoms with Crippen LogP contribution in [0.5, 0.6) is 11.5 Å². The lowest BCUT2D eigenvalue weighted by atomic mass is 9.73. The van der Waals surface area contributed by atoms with E-state index in [0.29, 0.717) is 110 Å². The van der Waals surface area contributed by atoms with Crippen LogP contribution in [0.3, 0.4) is 0 Å². The fourth-order valence-electron chi connectivity index (χ4n) is 10.5. The van der Waals surface area contributed by atoms with Crippen LogP contribution in [0.15, 0.2) is 85.2 Å². The first kappa shape index (κ1) is 53.9. The Labute approximate surface area is 446 Å². The summed E-state index contributed by atoms with van der Waals surface area (Å²) in [6.45, 7) is 8.66. The number of rotatable bonds is 21. The van der Waals surface area contributed by atoms with Crippen molar-refractivity contribution >= 4 is 47.0 Å². The van der Waals surface area contributed by atoms with Crippen molar-refractivity contribution < 1.29 is 52.8 Å². The molecule has 5 aromatic rings. The van der Waals surface area contributed by atoms with Crippen LogP contribution in [0.1, 0.15) is 122 Å². The first-order valence-corrected chi connectivity index (χ1v) is 26.3. The molecule has 3 unspecified atom stereocenters. The number of hydrogen-bond acceptors (Lipinski definition) is 14. The van der Waals surface area contributed by atoms with Crippen molar-refractivity contribution in [1.82, 2.24) is 40.6 Å². The number of unbranched alkanes of at least 4 members (excludes halogenated alkanes) is 2. The Morgan fingerprint density at radius 3 is 2.49 bits per heavy atom. The van der Waals surface area contributed by atoms with Gasteiger partial charge in [0, 0.05) is 103 Å². The summed E-state index contributed by atoms with van der Waals surface area (Å²) in [5, 5.41) is 31.4. The molecule has 6 amide bonds. The van der Waals surface area contributed by atoms with Crippen LogP contribution < -0.4 is 30.7 Å². The van der Waals surface area contributed by atoms with Gasteiger partial charge in [-0.15, -0.1) is 10.2 Å². The number of aromatic nitrogens is 4. The van der Waals surface area contributed by atoms with Crippen molar-refractivity contribution in [3.63, 3.8) is 0 Å². The topological polar surface area (TPSA) is 269 Å². The highest BCUT2D eigenvalue weighted by Gasteiger charge is 2.49. The lowest BCUT2D eigenvalue weighted by molar-refractivity contribution is -0.137. The van der Waals surface area contributed by atoms with Crippen LogP contribution in [-0.4, -0.2) is 129 Å². The molecule has 2 fully saturated rings. The second-order valence-corrected chi connectivity index (χ2v) is 20.9. The fourth-order valence-corrected chi connectivity index (χ4v) is 10.5. The lowest BCUT2D eigenvalue weighted by Gasteiger charge is -2.49.